The maximum Gasteiger partial charge on any atom is 0.252 e. The molecular formula is C21H24N2O2S. The van der Waals surface area contributed by atoms with Gasteiger partial charge in [-0.1, -0.05) is 36.4 Å². The summed E-state index contributed by atoms with van der Waals surface area (Å²) in [4.78, 5) is 25.5. The number of hydrogen-bond donors (Lipinski definition) is 2. The Morgan fingerprint density at radius 2 is 1.85 bits per heavy atom. The van der Waals surface area contributed by atoms with Crippen molar-refractivity contribution in [1.82, 2.24) is 10.6 Å². The van der Waals surface area contributed by atoms with Crippen molar-refractivity contribution >= 4 is 23.6 Å². The summed E-state index contributed by atoms with van der Waals surface area (Å²) in [5, 5.41) is 6.03. The first-order valence-corrected chi connectivity index (χ1v) is 9.93. The van der Waals surface area contributed by atoms with Gasteiger partial charge in [0.15, 0.2) is 0 Å². The second-order valence-corrected chi connectivity index (χ2v) is 7.79. The average Bonchev–Trinajstić information content (AvgIpc) is 3.03. The molecule has 1 aliphatic carbocycles. The highest BCUT2D eigenvalue weighted by atomic mass is 32.2. The molecule has 2 aromatic rings. The van der Waals surface area contributed by atoms with Crippen molar-refractivity contribution < 1.29 is 9.59 Å². The number of hydrogen-bond acceptors (Lipinski definition) is 3. The standard InChI is InChI=1S/C21H24N2O2S/c1-14(2)22-20(24)13-26-19-10-6-5-9-17(19)21(25)23-18-12-11-15-7-3-4-8-16(15)18/h3-10,14,18H,11-13H2,1-2H3,(H,22,24)(H,23,25). The highest BCUT2D eigenvalue weighted by Gasteiger charge is 2.24. The van der Waals surface area contributed by atoms with Crippen LogP contribution in [0.5, 0.6) is 0 Å². The van der Waals surface area contributed by atoms with Crippen molar-refractivity contribution in [3.8, 4) is 0 Å². The van der Waals surface area contributed by atoms with Crippen molar-refractivity contribution in [3.05, 3.63) is 65.2 Å². The van der Waals surface area contributed by atoms with E-state index >= 15 is 0 Å². The Morgan fingerprint density at radius 1 is 1.12 bits per heavy atom. The largest absolute Gasteiger partial charge is 0.353 e. The molecule has 2 aromatic carbocycles. The maximum absolute atomic E-state index is 12.8. The van der Waals surface area contributed by atoms with Crippen LogP contribution >= 0.6 is 11.8 Å². The quantitative estimate of drug-likeness (QED) is 0.764. The van der Waals surface area contributed by atoms with Gasteiger partial charge in [-0.15, -0.1) is 11.8 Å². The van der Waals surface area contributed by atoms with E-state index in [0.717, 1.165) is 17.7 Å². The summed E-state index contributed by atoms with van der Waals surface area (Å²) >= 11 is 1.40. The van der Waals surface area contributed by atoms with Crippen molar-refractivity contribution in [2.75, 3.05) is 5.75 Å². The minimum absolute atomic E-state index is 0.0232. The Hall–Kier alpha value is -2.27. The molecular weight excluding hydrogens is 344 g/mol. The molecule has 26 heavy (non-hydrogen) atoms. The zero-order valence-corrected chi connectivity index (χ0v) is 15.9. The summed E-state index contributed by atoms with van der Waals surface area (Å²) in [7, 11) is 0. The second-order valence-electron chi connectivity index (χ2n) is 6.77. The van der Waals surface area contributed by atoms with Crippen LogP contribution in [0, 0.1) is 0 Å². The van der Waals surface area contributed by atoms with E-state index in [0.29, 0.717) is 11.3 Å². The Kier molecular flexibility index (Phi) is 5.99. The minimum atomic E-state index is -0.0842. The molecule has 0 saturated heterocycles. The molecule has 0 radical (unpaired) electrons. The topological polar surface area (TPSA) is 58.2 Å². The van der Waals surface area contributed by atoms with Gasteiger partial charge in [0, 0.05) is 10.9 Å². The summed E-state index contributed by atoms with van der Waals surface area (Å²) in [6.07, 6.45) is 1.92. The van der Waals surface area contributed by atoms with Crippen molar-refractivity contribution in [2.45, 2.75) is 43.7 Å². The van der Waals surface area contributed by atoms with E-state index in [9.17, 15) is 9.59 Å². The molecule has 3 rings (SSSR count). The van der Waals surface area contributed by atoms with Crippen LogP contribution in [0.3, 0.4) is 0 Å². The highest BCUT2D eigenvalue weighted by molar-refractivity contribution is 8.00. The second kappa shape index (κ2) is 8.41. The number of fused-ring (bicyclic) bond motifs is 1. The third-order valence-electron chi connectivity index (χ3n) is 4.38. The highest BCUT2D eigenvalue weighted by Crippen LogP contribution is 2.31. The number of carbonyl (C=O) groups excluding carboxylic acids is 2. The zero-order valence-electron chi connectivity index (χ0n) is 15.1. The first kappa shape index (κ1) is 18.5. The lowest BCUT2D eigenvalue weighted by atomic mass is 10.1. The molecule has 1 atom stereocenters. The van der Waals surface area contributed by atoms with Gasteiger partial charge in [0.1, 0.15) is 0 Å². The first-order valence-electron chi connectivity index (χ1n) is 8.94. The van der Waals surface area contributed by atoms with E-state index in [1.54, 1.807) is 0 Å². The van der Waals surface area contributed by atoms with Gasteiger partial charge >= 0.3 is 0 Å². The molecule has 5 heteroatoms. The first-order chi connectivity index (χ1) is 12.5. The molecule has 136 valence electrons. The predicted molar refractivity (Wildman–Crippen MR) is 105 cm³/mol. The average molecular weight is 369 g/mol. The summed E-state index contributed by atoms with van der Waals surface area (Å²) in [6, 6.07) is 15.9. The van der Waals surface area contributed by atoms with Crippen molar-refractivity contribution in [1.29, 1.82) is 0 Å². The normalized spacial score (nSPS) is 15.6. The number of carbonyl (C=O) groups is 2. The van der Waals surface area contributed by atoms with Crippen LogP contribution < -0.4 is 10.6 Å². The minimum Gasteiger partial charge on any atom is -0.353 e. The Labute approximate surface area is 158 Å². The lowest BCUT2D eigenvalue weighted by molar-refractivity contribution is -0.119. The number of rotatable bonds is 6. The van der Waals surface area contributed by atoms with Crippen LogP contribution in [-0.2, 0) is 11.2 Å². The van der Waals surface area contributed by atoms with Gasteiger partial charge in [-0.25, -0.2) is 0 Å². The number of nitrogens with one attached hydrogen (secondary N) is 2. The summed E-state index contributed by atoms with van der Waals surface area (Å²) in [6.45, 7) is 3.87. The molecule has 0 bridgehead atoms. The molecule has 0 aromatic heterocycles. The monoisotopic (exact) mass is 368 g/mol. The fourth-order valence-electron chi connectivity index (χ4n) is 3.23. The maximum atomic E-state index is 12.8. The van der Waals surface area contributed by atoms with Crippen LogP contribution in [0.4, 0.5) is 0 Å². The number of thioether (sulfide) groups is 1. The van der Waals surface area contributed by atoms with Gasteiger partial charge in [0.2, 0.25) is 5.91 Å². The predicted octanol–water partition coefficient (Wildman–Crippen LogP) is 3.72. The number of aryl methyl sites for hydroxylation is 1. The summed E-state index contributed by atoms with van der Waals surface area (Å²) in [5.41, 5.74) is 3.15. The van der Waals surface area contributed by atoms with Gasteiger partial charge < -0.3 is 10.6 Å². The molecule has 1 unspecified atom stereocenters. The smallest absolute Gasteiger partial charge is 0.252 e. The van der Waals surface area contributed by atoms with E-state index in [1.807, 2.05) is 50.2 Å². The number of benzene rings is 2. The van der Waals surface area contributed by atoms with Crippen LogP contribution in [0.25, 0.3) is 0 Å². The van der Waals surface area contributed by atoms with E-state index in [4.69, 9.17) is 0 Å². The van der Waals surface area contributed by atoms with E-state index in [-0.39, 0.29) is 23.9 Å². The lowest BCUT2D eigenvalue weighted by Crippen LogP contribution is -2.31. The van der Waals surface area contributed by atoms with E-state index in [2.05, 4.69) is 22.8 Å². The molecule has 0 aliphatic heterocycles. The van der Waals surface area contributed by atoms with E-state index in [1.165, 1.54) is 22.9 Å². The third kappa shape index (κ3) is 4.47. The molecule has 4 nitrogen and oxygen atoms in total. The molecule has 0 heterocycles. The van der Waals surface area contributed by atoms with Crippen molar-refractivity contribution in [2.24, 2.45) is 0 Å². The Morgan fingerprint density at radius 3 is 2.65 bits per heavy atom. The van der Waals surface area contributed by atoms with Gasteiger partial charge in [-0.2, -0.15) is 0 Å². The molecule has 0 fully saturated rings. The SMILES string of the molecule is CC(C)NC(=O)CSc1ccccc1C(=O)NC1CCc2ccccc21. The molecule has 1 aliphatic rings. The summed E-state index contributed by atoms with van der Waals surface area (Å²) in [5.74, 6) is 0.193. The Balaban J connectivity index is 1.68. The van der Waals surface area contributed by atoms with Gasteiger partial charge in [-0.3, -0.25) is 9.59 Å². The van der Waals surface area contributed by atoms with Gasteiger partial charge in [-0.05, 0) is 49.9 Å². The third-order valence-corrected chi connectivity index (χ3v) is 5.45. The van der Waals surface area contributed by atoms with Gasteiger partial charge in [0.05, 0.1) is 17.4 Å². The van der Waals surface area contributed by atoms with Crippen LogP contribution in [0.15, 0.2) is 53.4 Å². The van der Waals surface area contributed by atoms with Crippen LogP contribution in [0.2, 0.25) is 0 Å². The lowest BCUT2D eigenvalue weighted by Gasteiger charge is -2.16. The molecule has 2 N–H and O–H groups in total. The molecule has 2 amide bonds. The molecule has 0 saturated carbocycles. The fraction of sp³-hybridized carbons (Fsp3) is 0.333. The van der Waals surface area contributed by atoms with Gasteiger partial charge in [0.25, 0.3) is 5.91 Å². The molecule has 0 spiro atoms. The zero-order chi connectivity index (χ0) is 18.5. The number of amides is 2. The summed E-state index contributed by atoms with van der Waals surface area (Å²) < 4.78 is 0. The fourth-order valence-corrected chi connectivity index (χ4v) is 4.09. The van der Waals surface area contributed by atoms with Crippen LogP contribution in [-0.4, -0.2) is 23.6 Å². The van der Waals surface area contributed by atoms with Crippen LogP contribution in [0.1, 0.15) is 47.8 Å². The van der Waals surface area contributed by atoms with E-state index < -0.39 is 0 Å². The Bertz CT molecular complexity index is 804. The van der Waals surface area contributed by atoms with Crippen molar-refractivity contribution in [3.63, 3.8) is 0 Å².